The number of carboxylic acid groups (broad SMARTS) is 1. The molecule has 1 aliphatic heterocycles. The predicted octanol–water partition coefficient (Wildman–Crippen LogP) is 3.00. The van der Waals surface area contributed by atoms with Crippen molar-refractivity contribution >= 4 is 12.4 Å². The molecule has 1 amide bonds. The zero-order chi connectivity index (χ0) is 23.4. The van der Waals surface area contributed by atoms with Crippen molar-refractivity contribution in [1.29, 1.82) is 0 Å². The molecular formula is C24H23N5O4. The Balaban J connectivity index is 0.000000821. The first-order valence-corrected chi connectivity index (χ1v) is 10.3. The smallest absolute Gasteiger partial charge is 0.290 e. The van der Waals surface area contributed by atoms with Crippen LogP contribution < -0.4 is 0 Å². The summed E-state index contributed by atoms with van der Waals surface area (Å²) in [6.45, 7) is 0.682. The first kappa shape index (κ1) is 21.8. The number of amides is 1. The van der Waals surface area contributed by atoms with Gasteiger partial charge in [0, 0.05) is 25.1 Å². The summed E-state index contributed by atoms with van der Waals surface area (Å²) in [5.41, 5.74) is 5.03. The third kappa shape index (κ3) is 4.47. The molecule has 3 N–H and O–H groups in total. The molecule has 4 aromatic rings. The topological polar surface area (TPSA) is 124 Å². The molecule has 33 heavy (non-hydrogen) atoms. The maximum absolute atomic E-state index is 13.4. The Hall–Kier alpha value is -4.40. The number of rotatable bonds is 3. The highest BCUT2D eigenvalue weighted by Crippen LogP contribution is 2.33. The number of aromatic nitrogens is 4. The van der Waals surface area contributed by atoms with E-state index in [1.54, 1.807) is 35.1 Å². The van der Waals surface area contributed by atoms with Crippen LogP contribution in [-0.2, 0) is 18.4 Å². The average molecular weight is 445 g/mol. The normalized spacial score (nSPS) is 14.7. The Morgan fingerprint density at radius 2 is 1.91 bits per heavy atom. The van der Waals surface area contributed by atoms with Gasteiger partial charge in [0.1, 0.15) is 11.4 Å². The highest BCUT2D eigenvalue weighted by molar-refractivity contribution is 5.94. The number of hydrogen-bond donors (Lipinski definition) is 3. The van der Waals surface area contributed by atoms with Crippen LogP contribution in [0.2, 0.25) is 0 Å². The van der Waals surface area contributed by atoms with Crippen LogP contribution in [-0.4, -0.2) is 53.8 Å². The average Bonchev–Trinajstić information content (AvgIpc) is 3.45. The molecule has 1 unspecified atom stereocenters. The summed E-state index contributed by atoms with van der Waals surface area (Å²) in [7, 11) is 1.79. The summed E-state index contributed by atoms with van der Waals surface area (Å²) in [4.78, 5) is 31.2. The zero-order valence-electron chi connectivity index (χ0n) is 17.9. The molecule has 9 heteroatoms. The Morgan fingerprint density at radius 3 is 2.64 bits per heavy atom. The van der Waals surface area contributed by atoms with Gasteiger partial charge >= 0.3 is 0 Å². The van der Waals surface area contributed by atoms with Crippen molar-refractivity contribution in [3.8, 4) is 17.0 Å². The summed E-state index contributed by atoms with van der Waals surface area (Å²) >= 11 is 0. The van der Waals surface area contributed by atoms with Crippen molar-refractivity contribution in [3.63, 3.8) is 0 Å². The van der Waals surface area contributed by atoms with Crippen LogP contribution in [0.3, 0.4) is 0 Å². The predicted molar refractivity (Wildman–Crippen MR) is 121 cm³/mol. The molecule has 0 aliphatic carbocycles. The number of carbonyl (C=O) groups excluding carboxylic acids is 1. The molecule has 1 atom stereocenters. The Bertz CT molecular complexity index is 1260. The second-order valence-electron chi connectivity index (χ2n) is 7.61. The third-order valence-corrected chi connectivity index (χ3v) is 5.56. The van der Waals surface area contributed by atoms with Crippen molar-refractivity contribution in [2.45, 2.75) is 12.5 Å². The van der Waals surface area contributed by atoms with Crippen LogP contribution in [0.4, 0.5) is 0 Å². The van der Waals surface area contributed by atoms with Gasteiger partial charge in [-0.3, -0.25) is 14.3 Å². The fourth-order valence-corrected chi connectivity index (χ4v) is 4.06. The lowest BCUT2D eigenvalue weighted by molar-refractivity contribution is -0.122. The quantitative estimate of drug-likeness (QED) is 0.417. The number of hydrogen-bond acceptors (Lipinski definition) is 5. The fraction of sp³-hybridized carbons (Fsp3) is 0.167. The molecule has 0 radical (unpaired) electrons. The van der Waals surface area contributed by atoms with Gasteiger partial charge in [0.2, 0.25) is 0 Å². The van der Waals surface area contributed by atoms with E-state index in [1.807, 2.05) is 48.5 Å². The van der Waals surface area contributed by atoms with Crippen LogP contribution in [0.15, 0.2) is 67.0 Å². The fourth-order valence-electron chi connectivity index (χ4n) is 4.06. The molecule has 2 aromatic carbocycles. The minimum atomic E-state index is -0.250. The molecule has 0 saturated heterocycles. The highest BCUT2D eigenvalue weighted by Gasteiger charge is 2.33. The standard InChI is InChI=1S/C23H21N5O2.CH2O2/c1-27-21(11-19(26-27)15-6-3-2-4-7-15)23(30)28-12-18(16-8-5-9-17(29)10-16)22-20(13-28)24-14-25-22;2-1-3/h2-11,14,18,29H,12-13H2,1H3,(H,24,25);1H,(H,2,3). The molecule has 0 spiro atoms. The van der Waals surface area contributed by atoms with E-state index in [0.29, 0.717) is 18.8 Å². The van der Waals surface area contributed by atoms with Gasteiger partial charge in [-0.1, -0.05) is 42.5 Å². The third-order valence-electron chi connectivity index (χ3n) is 5.56. The van der Waals surface area contributed by atoms with Gasteiger partial charge in [-0.25, -0.2) is 4.98 Å². The highest BCUT2D eigenvalue weighted by atomic mass is 16.3. The van der Waals surface area contributed by atoms with Gasteiger partial charge in [-0.05, 0) is 23.8 Å². The largest absolute Gasteiger partial charge is 0.508 e. The van der Waals surface area contributed by atoms with E-state index in [-0.39, 0.29) is 24.0 Å². The Labute approximate surface area is 189 Å². The number of fused-ring (bicyclic) bond motifs is 1. The number of phenolic OH excluding ortho intramolecular Hbond substituents is 1. The number of nitrogens with one attached hydrogen (secondary N) is 1. The van der Waals surface area contributed by atoms with Crippen LogP contribution in [0.5, 0.6) is 5.75 Å². The summed E-state index contributed by atoms with van der Waals surface area (Å²) in [5.74, 6) is 0.00243. The second-order valence-corrected chi connectivity index (χ2v) is 7.61. The van der Waals surface area contributed by atoms with Gasteiger partial charge < -0.3 is 20.1 Å². The summed E-state index contributed by atoms with van der Waals surface area (Å²) < 4.78 is 1.64. The lowest BCUT2D eigenvalue weighted by Crippen LogP contribution is -2.39. The molecule has 2 aromatic heterocycles. The molecule has 0 saturated carbocycles. The molecule has 0 bridgehead atoms. The Morgan fingerprint density at radius 1 is 1.15 bits per heavy atom. The van der Waals surface area contributed by atoms with Gasteiger partial charge in [-0.2, -0.15) is 5.10 Å². The maximum atomic E-state index is 13.4. The van der Waals surface area contributed by atoms with Crippen molar-refractivity contribution in [2.75, 3.05) is 6.54 Å². The molecule has 5 rings (SSSR count). The second kappa shape index (κ2) is 9.39. The van der Waals surface area contributed by atoms with Crippen molar-refractivity contribution in [2.24, 2.45) is 7.05 Å². The number of nitrogens with zero attached hydrogens (tertiary/aromatic N) is 4. The Kier molecular flexibility index (Phi) is 6.21. The van der Waals surface area contributed by atoms with Crippen molar-refractivity contribution in [1.82, 2.24) is 24.6 Å². The van der Waals surface area contributed by atoms with Gasteiger partial charge in [0.15, 0.2) is 0 Å². The first-order chi connectivity index (χ1) is 16.0. The first-order valence-electron chi connectivity index (χ1n) is 10.3. The lowest BCUT2D eigenvalue weighted by atomic mass is 9.90. The van der Waals surface area contributed by atoms with Crippen molar-refractivity contribution < 1.29 is 19.8 Å². The lowest BCUT2D eigenvalue weighted by Gasteiger charge is -2.32. The molecule has 1 aliphatic rings. The van der Waals surface area contributed by atoms with Crippen LogP contribution >= 0.6 is 0 Å². The number of phenols is 1. The van der Waals surface area contributed by atoms with E-state index < -0.39 is 0 Å². The van der Waals surface area contributed by atoms with Gasteiger partial charge in [0.25, 0.3) is 12.4 Å². The number of aromatic amines is 1. The minimum absolute atomic E-state index is 0.0856. The van der Waals surface area contributed by atoms with Gasteiger partial charge in [-0.15, -0.1) is 0 Å². The number of aromatic hydroxyl groups is 1. The number of aryl methyl sites for hydroxylation is 1. The SMILES string of the molecule is Cn1nc(-c2ccccc2)cc1C(=O)N1Cc2[nH]cnc2C(c2cccc(O)c2)C1.O=CO. The van der Waals surface area contributed by atoms with Crippen LogP contribution in [0.25, 0.3) is 11.3 Å². The number of benzene rings is 2. The van der Waals surface area contributed by atoms with E-state index in [4.69, 9.17) is 9.90 Å². The minimum Gasteiger partial charge on any atom is -0.508 e. The van der Waals surface area contributed by atoms with E-state index in [1.165, 1.54) is 0 Å². The molecule has 168 valence electrons. The van der Waals surface area contributed by atoms with E-state index in [9.17, 15) is 9.90 Å². The zero-order valence-corrected chi connectivity index (χ0v) is 17.9. The van der Waals surface area contributed by atoms with Gasteiger partial charge in [0.05, 0.1) is 30.0 Å². The molecular weight excluding hydrogens is 422 g/mol. The summed E-state index contributed by atoms with van der Waals surface area (Å²) in [5, 5.41) is 21.3. The summed E-state index contributed by atoms with van der Waals surface area (Å²) in [6, 6.07) is 18.8. The van der Waals surface area contributed by atoms with Crippen LogP contribution in [0.1, 0.15) is 33.4 Å². The van der Waals surface area contributed by atoms with E-state index in [2.05, 4.69) is 15.1 Å². The molecule has 3 heterocycles. The van der Waals surface area contributed by atoms with E-state index in [0.717, 1.165) is 28.2 Å². The summed E-state index contributed by atoms with van der Waals surface area (Å²) in [6.07, 6.45) is 1.66. The van der Waals surface area contributed by atoms with Crippen molar-refractivity contribution in [3.05, 3.63) is 89.6 Å². The van der Waals surface area contributed by atoms with Crippen LogP contribution in [0, 0.1) is 0 Å². The number of H-pyrrole nitrogens is 1. The van der Waals surface area contributed by atoms with E-state index >= 15 is 0 Å². The molecule has 0 fully saturated rings. The molecule has 9 nitrogen and oxygen atoms in total. The number of imidazole rings is 1. The number of carbonyl (C=O) groups is 2. The maximum Gasteiger partial charge on any atom is 0.290 e. The monoisotopic (exact) mass is 445 g/mol.